The zero-order valence-corrected chi connectivity index (χ0v) is 15.7. The van der Waals surface area contributed by atoms with Gasteiger partial charge >= 0.3 is 0 Å². The number of rotatable bonds is 6. The summed E-state index contributed by atoms with van der Waals surface area (Å²) in [5, 5.41) is 9.74. The molecule has 1 aliphatic rings. The van der Waals surface area contributed by atoms with Gasteiger partial charge in [0.25, 0.3) is 0 Å². The zero-order valence-electron chi connectivity index (χ0n) is 15.7. The smallest absolute Gasteiger partial charge is 0.242 e. The Balaban J connectivity index is 1.87. The molecule has 6 nitrogen and oxygen atoms in total. The molecule has 140 valence electrons. The number of guanidine groups is 1. The zero-order chi connectivity index (χ0) is 18.1. The van der Waals surface area contributed by atoms with Crippen LogP contribution < -0.4 is 16.0 Å². The summed E-state index contributed by atoms with van der Waals surface area (Å²) in [5.74, 6) is 1.58. The quantitative estimate of drug-likeness (QED) is 0.545. The molecule has 1 aromatic rings. The van der Waals surface area contributed by atoms with Crippen LogP contribution in [0.5, 0.6) is 0 Å². The molecular weight excluding hydrogens is 316 g/mol. The Morgan fingerprint density at radius 1 is 1.28 bits per heavy atom. The Kier molecular flexibility index (Phi) is 7.34. The molecule has 2 rings (SSSR count). The van der Waals surface area contributed by atoms with E-state index in [1.807, 2.05) is 32.9 Å². The van der Waals surface area contributed by atoms with Crippen molar-refractivity contribution >= 4 is 11.9 Å². The van der Waals surface area contributed by atoms with Gasteiger partial charge in [0, 0.05) is 24.5 Å². The topological polar surface area (TPSA) is 78.7 Å². The van der Waals surface area contributed by atoms with Gasteiger partial charge < -0.3 is 20.4 Å². The van der Waals surface area contributed by atoms with E-state index < -0.39 is 0 Å². The number of furan rings is 1. The van der Waals surface area contributed by atoms with Crippen LogP contribution >= 0.6 is 0 Å². The van der Waals surface area contributed by atoms with E-state index in [0.29, 0.717) is 18.5 Å². The number of carbonyl (C=O) groups excluding carboxylic acids is 1. The number of nitrogens with zero attached hydrogens (tertiary/aromatic N) is 1. The minimum atomic E-state index is -0.240. The highest BCUT2D eigenvalue weighted by Gasteiger charge is 2.16. The SMILES string of the molecule is CC(C)(C)NC(=O)CN=C(NCCc1ccco1)NC1CCCCC1. The van der Waals surface area contributed by atoms with Crippen LogP contribution in [0.2, 0.25) is 0 Å². The lowest BCUT2D eigenvalue weighted by atomic mass is 9.96. The third-order valence-corrected chi connectivity index (χ3v) is 4.09. The van der Waals surface area contributed by atoms with Crippen LogP contribution in [-0.2, 0) is 11.2 Å². The van der Waals surface area contributed by atoms with Crippen LogP contribution in [-0.4, -0.2) is 36.5 Å². The summed E-state index contributed by atoms with van der Waals surface area (Å²) in [7, 11) is 0. The fraction of sp³-hybridized carbons (Fsp3) is 0.684. The molecule has 3 N–H and O–H groups in total. The molecule has 1 saturated carbocycles. The first-order valence-electron chi connectivity index (χ1n) is 9.30. The average molecular weight is 348 g/mol. The monoisotopic (exact) mass is 348 g/mol. The van der Waals surface area contributed by atoms with Gasteiger partial charge in [0.05, 0.1) is 6.26 Å². The van der Waals surface area contributed by atoms with E-state index in [4.69, 9.17) is 4.42 Å². The van der Waals surface area contributed by atoms with E-state index in [0.717, 1.165) is 25.0 Å². The van der Waals surface area contributed by atoms with Gasteiger partial charge in [0.2, 0.25) is 5.91 Å². The summed E-state index contributed by atoms with van der Waals surface area (Å²) >= 11 is 0. The normalized spacial score (nSPS) is 16.5. The first-order valence-corrected chi connectivity index (χ1v) is 9.30. The van der Waals surface area contributed by atoms with Crippen LogP contribution in [0, 0.1) is 0 Å². The summed E-state index contributed by atoms with van der Waals surface area (Å²) in [4.78, 5) is 16.5. The molecular formula is C19H32N4O2. The maximum Gasteiger partial charge on any atom is 0.242 e. The molecule has 1 fully saturated rings. The molecule has 0 bridgehead atoms. The summed E-state index contributed by atoms with van der Waals surface area (Å²) in [6, 6.07) is 4.29. The van der Waals surface area contributed by atoms with Gasteiger partial charge in [0.1, 0.15) is 12.3 Å². The fourth-order valence-electron chi connectivity index (χ4n) is 2.96. The standard InChI is InChI=1S/C19H32N4O2/c1-19(2,3)23-17(24)14-21-18(22-15-8-5-4-6-9-15)20-12-11-16-10-7-13-25-16/h7,10,13,15H,4-6,8-9,11-12,14H2,1-3H3,(H,23,24)(H2,20,21,22). The third-order valence-electron chi connectivity index (χ3n) is 4.09. The maximum absolute atomic E-state index is 12.0. The van der Waals surface area contributed by atoms with Gasteiger partial charge in [-0.05, 0) is 45.7 Å². The highest BCUT2D eigenvalue weighted by atomic mass is 16.3. The van der Waals surface area contributed by atoms with E-state index in [2.05, 4.69) is 20.9 Å². The predicted octanol–water partition coefficient (Wildman–Crippen LogP) is 2.60. The molecule has 0 atom stereocenters. The van der Waals surface area contributed by atoms with Crippen molar-refractivity contribution in [1.82, 2.24) is 16.0 Å². The van der Waals surface area contributed by atoms with E-state index >= 15 is 0 Å². The summed E-state index contributed by atoms with van der Waals surface area (Å²) in [6.07, 6.45) is 8.60. The molecule has 0 aromatic carbocycles. The minimum absolute atomic E-state index is 0.0664. The van der Waals surface area contributed by atoms with Crippen molar-refractivity contribution in [2.45, 2.75) is 70.9 Å². The van der Waals surface area contributed by atoms with Gasteiger partial charge in [-0.3, -0.25) is 4.79 Å². The molecule has 1 aromatic heterocycles. The van der Waals surface area contributed by atoms with Crippen molar-refractivity contribution in [3.8, 4) is 0 Å². The van der Waals surface area contributed by atoms with Crippen molar-refractivity contribution in [3.63, 3.8) is 0 Å². The van der Waals surface area contributed by atoms with Crippen molar-refractivity contribution in [2.75, 3.05) is 13.1 Å². The minimum Gasteiger partial charge on any atom is -0.469 e. The molecule has 0 aliphatic heterocycles. The van der Waals surface area contributed by atoms with Gasteiger partial charge in [-0.2, -0.15) is 0 Å². The van der Waals surface area contributed by atoms with Crippen LogP contribution in [0.4, 0.5) is 0 Å². The average Bonchev–Trinajstić information content (AvgIpc) is 3.05. The molecule has 6 heteroatoms. The number of nitrogens with one attached hydrogen (secondary N) is 3. The number of aliphatic imine (C=N–C) groups is 1. The lowest BCUT2D eigenvalue weighted by Gasteiger charge is -2.25. The second-order valence-electron chi connectivity index (χ2n) is 7.70. The molecule has 0 radical (unpaired) electrons. The molecule has 25 heavy (non-hydrogen) atoms. The lowest BCUT2D eigenvalue weighted by molar-refractivity contribution is -0.121. The Bertz CT molecular complexity index is 540. The summed E-state index contributed by atoms with van der Waals surface area (Å²) < 4.78 is 5.35. The van der Waals surface area contributed by atoms with E-state index in [1.165, 1.54) is 19.3 Å². The fourth-order valence-corrected chi connectivity index (χ4v) is 2.96. The Morgan fingerprint density at radius 2 is 2.04 bits per heavy atom. The number of hydrogen-bond acceptors (Lipinski definition) is 3. The molecule has 1 amide bonds. The molecule has 0 spiro atoms. The Labute approximate surface area is 150 Å². The van der Waals surface area contributed by atoms with Crippen molar-refractivity contribution in [3.05, 3.63) is 24.2 Å². The summed E-state index contributed by atoms with van der Waals surface area (Å²) in [5.41, 5.74) is -0.240. The summed E-state index contributed by atoms with van der Waals surface area (Å²) in [6.45, 7) is 6.75. The molecule has 1 aliphatic carbocycles. The highest BCUT2D eigenvalue weighted by molar-refractivity contribution is 5.85. The van der Waals surface area contributed by atoms with Gasteiger partial charge in [-0.15, -0.1) is 0 Å². The number of hydrogen-bond donors (Lipinski definition) is 3. The highest BCUT2D eigenvalue weighted by Crippen LogP contribution is 2.17. The van der Waals surface area contributed by atoms with Crippen LogP contribution in [0.15, 0.2) is 27.8 Å². The Morgan fingerprint density at radius 3 is 2.68 bits per heavy atom. The predicted molar refractivity (Wildman–Crippen MR) is 101 cm³/mol. The second-order valence-corrected chi connectivity index (χ2v) is 7.70. The van der Waals surface area contributed by atoms with Crippen LogP contribution in [0.1, 0.15) is 58.6 Å². The van der Waals surface area contributed by atoms with Gasteiger partial charge in [-0.25, -0.2) is 4.99 Å². The van der Waals surface area contributed by atoms with Gasteiger partial charge in [0.15, 0.2) is 5.96 Å². The third kappa shape index (κ3) is 8.09. The Hall–Kier alpha value is -1.98. The lowest BCUT2D eigenvalue weighted by Crippen LogP contribution is -2.46. The number of amides is 1. The maximum atomic E-state index is 12.0. The first kappa shape index (κ1) is 19.3. The van der Waals surface area contributed by atoms with Crippen LogP contribution in [0.3, 0.4) is 0 Å². The second kappa shape index (κ2) is 9.49. The largest absolute Gasteiger partial charge is 0.469 e. The van der Waals surface area contributed by atoms with Crippen molar-refractivity contribution in [2.24, 2.45) is 4.99 Å². The van der Waals surface area contributed by atoms with Crippen molar-refractivity contribution < 1.29 is 9.21 Å². The van der Waals surface area contributed by atoms with E-state index in [1.54, 1.807) is 6.26 Å². The van der Waals surface area contributed by atoms with Crippen molar-refractivity contribution in [1.29, 1.82) is 0 Å². The van der Waals surface area contributed by atoms with Gasteiger partial charge in [-0.1, -0.05) is 19.3 Å². The molecule has 0 unspecified atom stereocenters. The van der Waals surface area contributed by atoms with Crippen LogP contribution in [0.25, 0.3) is 0 Å². The number of carbonyl (C=O) groups is 1. The van der Waals surface area contributed by atoms with E-state index in [-0.39, 0.29) is 18.0 Å². The molecule has 1 heterocycles. The first-order chi connectivity index (χ1) is 11.9. The molecule has 0 saturated heterocycles. The van der Waals surface area contributed by atoms with E-state index in [9.17, 15) is 4.79 Å².